The molecule has 0 spiro atoms. The van der Waals surface area contributed by atoms with E-state index in [4.69, 9.17) is 16.3 Å². The van der Waals surface area contributed by atoms with Crippen molar-refractivity contribution < 1.29 is 22.7 Å². The summed E-state index contributed by atoms with van der Waals surface area (Å²) < 4.78 is 27.6. The first-order valence-corrected chi connectivity index (χ1v) is 8.98. The molecule has 0 aliphatic carbocycles. The summed E-state index contributed by atoms with van der Waals surface area (Å²) in [5.41, 5.74) is 0.919. The number of aromatic amines is 1. The summed E-state index contributed by atoms with van der Waals surface area (Å²) in [6.07, 6.45) is 0. The van der Waals surface area contributed by atoms with Crippen molar-refractivity contribution in [3.05, 3.63) is 35.0 Å². The number of fused-ring (bicyclic) bond motifs is 1. The summed E-state index contributed by atoms with van der Waals surface area (Å²) in [7, 11) is -3.21. The summed E-state index contributed by atoms with van der Waals surface area (Å²) >= 11 is 5.88. The zero-order valence-corrected chi connectivity index (χ0v) is 13.5. The quantitative estimate of drug-likeness (QED) is 0.833. The van der Waals surface area contributed by atoms with Gasteiger partial charge in [-0.15, -0.1) is 0 Å². The number of nitrogens with one attached hydrogen (secondary N) is 1. The molecule has 0 atom stereocenters. The maximum absolute atomic E-state index is 12.0. The SMILES string of the molecule is O=C(OCC(=O)N1CCS(=O)(=O)C1)c1cc2cc(Cl)ccc2[nH]1. The van der Waals surface area contributed by atoms with E-state index in [1.165, 1.54) is 0 Å². The third-order valence-electron chi connectivity index (χ3n) is 3.51. The predicted octanol–water partition coefficient (Wildman–Crippen LogP) is 1.19. The zero-order chi connectivity index (χ0) is 16.6. The largest absolute Gasteiger partial charge is 0.451 e. The van der Waals surface area contributed by atoms with Crippen molar-refractivity contribution in [1.82, 2.24) is 9.88 Å². The van der Waals surface area contributed by atoms with Gasteiger partial charge in [0.15, 0.2) is 16.4 Å². The van der Waals surface area contributed by atoms with Crippen molar-refractivity contribution in [1.29, 1.82) is 0 Å². The van der Waals surface area contributed by atoms with Gasteiger partial charge >= 0.3 is 5.97 Å². The molecule has 1 aromatic heterocycles. The second-order valence-electron chi connectivity index (χ2n) is 5.22. The molecule has 9 heteroatoms. The van der Waals surface area contributed by atoms with Crippen LogP contribution >= 0.6 is 11.6 Å². The van der Waals surface area contributed by atoms with Crippen molar-refractivity contribution in [2.24, 2.45) is 0 Å². The first-order valence-electron chi connectivity index (χ1n) is 6.78. The van der Waals surface area contributed by atoms with Gasteiger partial charge in [0.25, 0.3) is 5.91 Å². The van der Waals surface area contributed by atoms with E-state index in [0.29, 0.717) is 5.02 Å². The third kappa shape index (κ3) is 3.48. The number of halogens is 1. The lowest BCUT2D eigenvalue weighted by molar-refractivity contribution is -0.133. The number of carbonyl (C=O) groups excluding carboxylic acids is 2. The second kappa shape index (κ2) is 5.86. The number of aromatic nitrogens is 1. The molecule has 0 bridgehead atoms. The molecule has 1 N–H and O–H groups in total. The number of carbonyl (C=O) groups is 2. The molecule has 1 aliphatic rings. The fourth-order valence-electron chi connectivity index (χ4n) is 2.32. The van der Waals surface area contributed by atoms with Gasteiger partial charge in [-0.3, -0.25) is 4.79 Å². The van der Waals surface area contributed by atoms with Crippen LogP contribution in [-0.4, -0.2) is 55.0 Å². The van der Waals surface area contributed by atoms with Crippen LogP contribution in [0.25, 0.3) is 10.9 Å². The minimum atomic E-state index is -3.21. The minimum Gasteiger partial charge on any atom is -0.451 e. The van der Waals surface area contributed by atoms with E-state index >= 15 is 0 Å². The van der Waals surface area contributed by atoms with Gasteiger partial charge in [0.1, 0.15) is 11.6 Å². The number of H-pyrrole nitrogens is 1. The number of sulfone groups is 1. The molecule has 1 saturated heterocycles. The van der Waals surface area contributed by atoms with Crippen LogP contribution in [0, 0.1) is 0 Å². The lowest BCUT2D eigenvalue weighted by Gasteiger charge is -2.13. The molecular weight excluding hydrogens is 344 g/mol. The highest BCUT2D eigenvalue weighted by Gasteiger charge is 2.29. The molecule has 2 heterocycles. The fraction of sp³-hybridized carbons (Fsp3) is 0.286. The number of nitrogens with zero attached hydrogens (tertiary/aromatic N) is 1. The van der Waals surface area contributed by atoms with Gasteiger partial charge in [-0.25, -0.2) is 13.2 Å². The number of ether oxygens (including phenoxy) is 1. The maximum Gasteiger partial charge on any atom is 0.355 e. The van der Waals surface area contributed by atoms with Crippen LogP contribution in [0.4, 0.5) is 0 Å². The number of rotatable bonds is 3. The highest BCUT2D eigenvalue weighted by molar-refractivity contribution is 7.91. The molecule has 1 aromatic carbocycles. The van der Waals surface area contributed by atoms with Crippen molar-refractivity contribution in [2.75, 3.05) is 24.8 Å². The van der Waals surface area contributed by atoms with Crippen molar-refractivity contribution in [3.63, 3.8) is 0 Å². The Kier molecular flexibility index (Phi) is 4.03. The summed E-state index contributed by atoms with van der Waals surface area (Å²) in [5, 5.41) is 1.29. The van der Waals surface area contributed by atoms with Gasteiger partial charge in [-0.1, -0.05) is 11.6 Å². The van der Waals surface area contributed by atoms with E-state index in [9.17, 15) is 18.0 Å². The second-order valence-corrected chi connectivity index (χ2v) is 7.81. The van der Waals surface area contributed by atoms with Gasteiger partial charge in [0.05, 0.1) is 5.75 Å². The van der Waals surface area contributed by atoms with Gasteiger partial charge in [-0.2, -0.15) is 0 Å². The highest BCUT2D eigenvalue weighted by Crippen LogP contribution is 2.20. The van der Waals surface area contributed by atoms with Crippen LogP contribution in [-0.2, 0) is 19.4 Å². The van der Waals surface area contributed by atoms with E-state index in [1.54, 1.807) is 24.3 Å². The van der Waals surface area contributed by atoms with E-state index in [1.807, 2.05) is 0 Å². The van der Waals surface area contributed by atoms with Crippen molar-refractivity contribution in [3.8, 4) is 0 Å². The monoisotopic (exact) mass is 356 g/mol. The zero-order valence-electron chi connectivity index (χ0n) is 11.9. The number of hydrogen-bond acceptors (Lipinski definition) is 5. The molecule has 122 valence electrons. The Bertz CT molecular complexity index is 890. The van der Waals surface area contributed by atoms with Crippen molar-refractivity contribution in [2.45, 2.75) is 0 Å². The van der Waals surface area contributed by atoms with Gasteiger partial charge in [-0.05, 0) is 24.3 Å². The Hall–Kier alpha value is -2.06. The Morgan fingerprint density at radius 1 is 1.30 bits per heavy atom. The Labute approximate surface area is 137 Å². The van der Waals surface area contributed by atoms with Crippen LogP contribution in [0.2, 0.25) is 5.02 Å². The lowest BCUT2D eigenvalue weighted by atomic mass is 10.2. The average molecular weight is 357 g/mol. The molecule has 7 nitrogen and oxygen atoms in total. The summed E-state index contributed by atoms with van der Waals surface area (Å²) in [4.78, 5) is 27.8. The smallest absolute Gasteiger partial charge is 0.355 e. The van der Waals surface area contributed by atoms with Crippen molar-refractivity contribution >= 4 is 44.2 Å². The standard InChI is InChI=1S/C14H13ClN2O5S/c15-10-1-2-11-9(5-10)6-12(16-11)14(19)22-7-13(18)17-3-4-23(20,21)8-17/h1-2,5-6,16H,3-4,7-8H2. The molecule has 1 fully saturated rings. The fourth-order valence-corrected chi connectivity index (χ4v) is 3.88. The molecule has 0 saturated carbocycles. The molecular formula is C14H13ClN2O5S. The molecule has 23 heavy (non-hydrogen) atoms. The predicted molar refractivity (Wildman–Crippen MR) is 84.0 cm³/mol. The summed E-state index contributed by atoms with van der Waals surface area (Å²) in [5.74, 6) is -1.60. The minimum absolute atomic E-state index is 0.0601. The Morgan fingerprint density at radius 3 is 2.78 bits per heavy atom. The van der Waals surface area contributed by atoms with Gasteiger partial charge in [0.2, 0.25) is 0 Å². The number of esters is 1. The number of amides is 1. The molecule has 1 amide bonds. The molecule has 2 aromatic rings. The molecule has 0 radical (unpaired) electrons. The topological polar surface area (TPSA) is 96.5 Å². The van der Waals surface area contributed by atoms with E-state index in [2.05, 4.69) is 4.98 Å². The van der Waals surface area contributed by atoms with Crippen LogP contribution in [0.1, 0.15) is 10.5 Å². The number of hydrogen-bond donors (Lipinski definition) is 1. The molecule has 0 unspecified atom stereocenters. The molecule has 1 aliphatic heterocycles. The summed E-state index contributed by atoms with van der Waals surface area (Å²) in [6, 6.07) is 6.69. The first-order chi connectivity index (χ1) is 10.8. The third-order valence-corrected chi connectivity index (χ3v) is 5.25. The van der Waals surface area contributed by atoms with Gasteiger partial charge in [0, 0.05) is 22.5 Å². The summed E-state index contributed by atoms with van der Waals surface area (Å²) in [6.45, 7) is -0.367. The van der Waals surface area contributed by atoms with E-state index in [0.717, 1.165) is 15.8 Å². The van der Waals surface area contributed by atoms with Crippen LogP contribution in [0.15, 0.2) is 24.3 Å². The van der Waals surface area contributed by atoms with Crippen LogP contribution in [0.3, 0.4) is 0 Å². The van der Waals surface area contributed by atoms with Crippen LogP contribution < -0.4 is 0 Å². The normalized spacial score (nSPS) is 16.7. The van der Waals surface area contributed by atoms with Crippen LogP contribution in [0.5, 0.6) is 0 Å². The molecule has 3 rings (SSSR count). The lowest BCUT2D eigenvalue weighted by Crippen LogP contribution is -2.33. The van der Waals surface area contributed by atoms with Gasteiger partial charge < -0.3 is 14.6 Å². The van der Waals surface area contributed by atoms with E-state index in [-0.39, 0.29) is 23.9 Å². The maximum atomic E-state index is 12.0. The Balaban J connectivity index is 1.63. The highest BCUT2D eigenvalue weighted by atomic mass is 35.5. The average Bonchev–Trinajstić information content (AvgIpc) is 3.07. The van der Waals surface area contributed by atoms with E-state index < -0.39 is 28.3 Å². The number of benzene rings is 1. The Morgan fingerprint density at radius 2 is 2.09 bits per heavy atom. The first kappa shape index (κ1) is 15.8.